The molecule has 1 aromatic carbocycles. The first-order chi connectivity index (χ1) is 14.7. The fourth-order valence-electron chi connectivity index (χ4n) is 3.88. The van der Waals surface area contributed by atoms with Crippen LogP contribution in [0.3, 0.4) is 0 Å². The number of hydrogen-bond acceptors (Lipinski definition) is 7. The molecule has 1 aliphatic carbocycles. The summed E-state index contributed by atoms with van der Waals surface area (Å²) in [5.41, 5.74) is 1.65. The van der Waals surface area contributed by atoms with Gasteiger partial charge in [0, 0.05) is 30.3 Å². The van der Waals surface area contributed by atoms with Crippen molar-refractivity contribution in [2.45, 2.75) is 48.9 Å². The molecule has 4 aromatic rings. The topological polar surface area (TPSA) is 78.0 Å². The third-order valence-corrected chi connectivity index (χ3v) is 7.61. The van der Waals surface area contributed by atoms with E-state index in [1.165, 1.54) is 35.5 Å². The van der Waals surface area contributed by atoms with Crippen LogP contribution in [0.5, 0.6) is 0 Å². The van der Waals surface area contributed by atoms with Crippen LogP contribution in [-0.2, 0) is 12.8 Å². The highest BCUT2D eigenvalue weighted by Gasteiger charge is 2.21. The summed E-state index contributed by atoms with van der Waals surface area (Å²) in [6, 6.07) is 11.6. The van der Waals surface area contributed by atoms with Gasteiger partial charge in [-0.3, -0.25) is 4.79 Å². The van der Waals surface area contributed by atoms with E-state index in [1.807, 2.05) is 41.9 Å². The van der Waals surface area contributed by atoms with E-state index >= 15 is 0 Å². The van der Waals surface area contributed by atoms with Crippen LogP contribution in [0.15, 0.2) is 46.3 Å². The molecule has 0 radical (unpaired) electrons. The Bertz CT molecular complexity index is 1220. The monoisotopic (exact) mass is 438 g/mol. The lowest BCUT2D eigenvalue weighted by atomic mass is 9.90. The number of rotatable bonds is 5. The summed E-state index contributed by atoms with van der Waals surface area (Å²) in [4.78, 5) is 18.0. The van der Waals surface area contributed by atoms with Gasteiger partial charge in [0.25, 0.3) is 5.56 Å². The summed E-state index contributed by atoms with van der Waals surface area (Å²) in [5, 5.41) is 15.0. The summed E-state index contributed by atoms with van der Waals surface area (Å²) in [5.74, 6) is 1.85. The first-order valence-electron chi connectivity index (χ1n) is 10.2. The van der Waals surface area contributed by atoms with Crippen molar-refractivity contribution >= 4 is 28.1 Å². The molecule has 7 nitrogen and oxygen atoms in total. The van der Waals surface area contributed by atoms with E-state index in [0.717, 1.165) is 40.1 Å². The Morgan fingerprint density at radius 1 is 1.13 bits per heavy atom. The Kier molecular flexibility index (Phi) is 5.39. The predicted molar refractivity (Wildman–Crippen MR) is 119 cm³/mol. The van der Waals surface area contributed by atoms with Crippen molar-refractivity contribution < 1.29 is 0 Å². The zero-order valence-corrected chi connectivity index (χ0v) is 18.3. The molecule has 5 rings (SSSR count). The fraction of sp³-hybridized carbons (Fsp3) is 0.381. The SMILES string of the molecule is Cn1c(SCc2cc(=O)n3nc(C4CCCCC4)sc3n2)nnc1-c1ccccc1. The van der Waals surface area contributed by atoms with E-state index in [-0.39, 0.29) is 5.56 Å². The van der Waals surface area contributed by atoms with Gasteiger partial charge in [0.2, 0.25) is 4.96 Å². The maximum Gasteiger partial charge on any atom is 0.275 e. The zero-order valence-electron chi connectivity index (χ0n) is 16.7. The van der Waals surface area contributed by atoms with Gasteiger partial charge < -0.3 is 4.57 Å². The van der Waals surface area contributed by atoms with Crippen LogP contribution in [0.1, 0.15) is 48.7 Å². The van der Waals surface area contributed by atoms with Gasteiger partial charge in [0.05, 0.1) is 5.69 Å². The normalized spacial score (nSPS) is 15.1. The number of thioether (sulfide) groups is 1. The van der Waals surface area contributed by atoms with Crippen LogP contribution >= 0.6 is 23.1 Å². The largest absolute Gasteiger partial charge is 0.305 e. The highest BCUT2D eigenvalue weighted by molar-refractivity contribution is 7.98. The molecule has 1 aliphatic rings. The first kappa shape index (κ1) is 19.4. The summed E-state index contributed by atoms with van der Waals surface area (Å²) in [7, 11) is 1.95. The Morgan fingerprint density at radius 2 is 1.93 bits per heavy atom. The van der Waals surface area contributed by atoms with Gasteiger partial charge in [-0.15, -0.1) is 10.2 Å². The van der Waals surface area contributed by atoms with E-state index in [9.17, 15) is 4.79 Å². The van der Waals surface area contributed by atoms with Gasteiger partial charge in [-0.2, -0.15) is 9.61 Å². The minimum Gasteiger partial charge on any atom is -0.305 e. The summed E-state index contributed by atoms with van der Waals surface area (Å²) < 4.78 is 3.43. The van der Waals surface area contributed by atoms with Gasteiger partial charge in [-0.25, -0.2) is 4.98 Å². The molecule has 154 valence electrons. The molecule has 1 fully saturated rings. The van der Waals surface area contributed by atoms with Crippen molar-refractivity contribution in [3.05, 3.63) is 57.5 Å². The van der Waals surface area contributed by atoms with Crippen LogP contribution in [-0.4, -0.2) is 29.4 Å². The number of benzene rings is 1. The molecule has 3 aromatic heterocycles. The molecule has 0 bridgehead atoms. The van der Waals surface area contributed by atoms with Gasteiger partial charge in [-0.05, 0) is 12.8 Å². The molecule has 0 unspecified atom stereocenters. The zero-order chi connectivity index (χ0) is 20.5. The number of nitrogens with zero attached hydrogens (tertiary/aromatic N) is 6. The van der Waals surface area contributed by atoms with Gasteiger partial charge >= 0.3 is 0 Å². The van der Waals surface area contributed by atoms with Crippen LogP contribution in [0.25, 0.3) is 16.3 Å². The first-order valence-corrected chi connectivity index (χ1v) is 12.0. The van der Waals surface area contributed by atoms with Crippen LogP contribution in [0, 0.1) is 0 Å². The lowest BCUT2D eigenvalue weighted by molar-refractivity contribution is 0.439. The van der Waals surface area contributed by atoms with Crippen LogP contribution < -0.4 is 5.56 Å². The third kappa shape index (κ3) is 3.79. The summed E-state index contributed by atoms with van der Waals surface area (Å²) in [6.07, 6.45) is 6.11. The van der Waals surface area contributed by atoms with E-state index in [0.29, 0.717) is 16.6 Å². The molecule has 3 heterocycles. The predicted octanol–water partition coefficient (Wildman–Crippen LogP) is 4.29. The van der Waals surface area contributed by atoms with Crippen LogP contribution in [0.2, 0.25) is 0 Å². The molecule has 1 saturated carbocycles. The Balaban J connectivity index is 1.36. The highest BCUT2D eigenvalue weighted by atomic mass is 32.2. The van der Waals surface area contributed by atoms with Gasteiger partial charge in [-0.1, -0.05) is 72.7 Å². The number of hydrogen-bond donors (Lipinski definition) is 0. The van der Waals surface area contributed by atoms with Gasteiger partial charge in [0.15, 0.2) is 11.0 Å². The molecule has 0 saturated heterocycles. The quantitative estimate of drug-likeness (QED) is 0.433. The molecule has 0 aliphatic heterocycles. The van der Waals surface area contributed by atoms with E-state index in [1.54, 1.807) is 17.4 Å². The molecule has 0 N–H and O–H groups in total. The van der Waals surface area contributed by atoms with Crippen molar-refractivity contribution in [3.63, 3.8) is 0 Å². The van der Waals surface area contributed by atoms with Crippen molar-refractivity contribution in [1.29, 1.82) is 0 Å². The second kappa shape index (κ2) is 8.31. The fourth-order valence-corrected chi connectivity index (χ4v) is 5.77. The molecule has 30 heavy (non-hydrogen) atoms. The average Bonchev–Trinajstić information content (AvgIpc) is 3.37. The molecule has 9 heteroatoms. The molecule has 0 atom stereocenters. The van der Waals surface area contributed by atoms with E-state index in [4.69, 9.17) is 4.98 Å². The Morgan fingerprint density at radius 3 is 2.73 bits per heavy atom. The van der Waals surface area contributed by atoms with Gasteiger partial charge in [0.1, 0.15) is 5.01 Å². The highest BCUT2D eigenvalue weighted by Crippen LogP contribution is 2.34. The average molecular weight is 439 g/mol. The Labute approximate surface area is 182 Å². The van der Waals surface area contributed by atoms with E-state index < -0.39 is 0 Å². The molecule has 0 amide bonds. The minimum atomic E-state index is -0.114. The lowest BCUT2D eigenvalue weighted by Gasteiger charge is -2.18. The minimum absolute atomic E-state index is 0.114. The van der Waals surface area contributed by atoms with Crippen molar-refractivity contribution in [1.82, 2.24) is 29.4 Å². The number of aromatic nitrogens is 6. The molecular formula is C21H22N6OS2. The second-order valence-electron chi connectivity index (χ2n) is 7.58. The van der Waals surface area contributed by atoms with Crippen LogP contribution in [0.4, 0.5) is 0 Å². The lowest BCUT2D eigenvalue weighted by Crippen LogP contribution is -2.16. The molecular weight excluding hydrogens is 416 g/mol. The molecule has 0 spiro atoms. The Hall–Kier alpha value is -2.52. The van der Waals surface area contributed by atoms with Crippen molar-refractivity contribution in [2.75, 3.05) is 0 Å². The van der Waals surface area contributed by atoms with Crippen molar-refractivity contribution in [3.8, 4) is 11.4 Å². The standard InChI is InChI=1S/C21H22N6OS2/c1-26-18(14-8-4-2-5-9-14)23-24-21(26)29-13-16-12-17(28)27-20(22-16)30-19(25-27)15-10-6-3-7-11-15/h2,4-5,8-9,12,15H,3,6-7,10-11,13H2,1H3. The second-order valence-corrected chi connectivity index (χ2v) is 9.51. The third-order valence-electron chi connectivity index (χ3n) is 5.48. The summed E-state index contributed by atoms with van der Waals surface area (Å²) >= 11 is 3.09. The maximum atomic E-state index is 12.6. The van der Waals surface area contributed by atoms with Crippen molar-refractivity contribution in [2.24, 2.45) is 7.05 Å². The van der Waals surface area contributed by atoms with E-state index in [2.05, 4.69) is 15.3 Å². The maximum absolute atomic E-state index is 12.6. The number of fused-ring (bicyclic) bond motifs is 1. The summed E-state index contributed by atoms with van der Waals surface area (Å²) in [6.45, 7) is 0. The smallest absolute Gasteiger partial charge is 0.275 e.